The second-order valence-corrected chi connectivity index (χ2v) is 6.61. The summed E-state index contributed by atoms with van der Waals surface area (Å²) in [6, 6.07) is 0.651. The van der Waals surface area contributed by atoms with E-state index in [9.17, 15) is 9.59 Å². The van der Waals surface area contributed by atoms with E-state index in [1.165, 1.54) is 25.9 Å². The number of amides is 2. The molecule has 0 aromatic carbocycles. The predicted octanol–water partition coefficient (Wildman–Crippen LogP) is 1.07. The first kappa shape index (κ1) is 14.6. The van der Waals surface area contributed by atoms with Crippen molar-refractivity contribution in [3.8, 4) is 0 Å². The van der Waals surface area contributed by atoms with Crippen molar-refractivity contribution in [2.45, 2.75) is 38.1 Å². The van der Waals surface area contributed by atoms with Crippen molar-refractivity contribution in [2.24, 2.45) is 5.92 Å². The molecule has 2 unspecified atom stereocenters. The molecule has 0 bridgehead atoms. The summed E-state index contributed by atoms with van der Waals surface area (Å²) in [5.74, 6) is -0.631. The van der Waals surface area contributed by atoms with Gasteiger partial charge in [0.25, 0.3) is 0 Å². The van der Waals surface area contributed by atoms with Crippen LogP contribution in [0.15, 0.2) is 0 Å². The van der Waals surface area contributed by atoms with Gasteiger partial charge in [-0.3, -0.25) is 9.69 Å². The zero-order chi connectivity index (χ0) is 14.8. The Morgan fingerprint density at radius 1 is 0.952 bits per heavy atom. The van der Waals surface area contributed by atoms with Crippen LogP contribution >= 0.6 is 0 Å². The summed E-state index contributed by atoms with van der Waals surface area (Å²) < 4.78 is 0. The number of carboxylic acid groups (broad SMARTS) is 1. The van der Waals surface area contributed by atoms with Crippen LogP contribution in [-0.2, 0) is 4.79 Å². The lowest BCUT2D eigenvalue weighted by molar-refractivity contribution is -0.138. The van der Waals surface area contributed by atoms with E-state index in [1.54, 1.807) is 0 Å². The lowest BCUT2D eigenvalue weighted by atomic mass is 10.1. The highest BCUT2D eigenvalue weighted by Gasteiger charge is 2.35. The van der Waals surface area contributed by atoms with Crippen molar-refractivity contribution in [1.82, 2.24) is 14.7 Å². The van der Waals surface area contributed by atoms with Crippen LogP contribution in [0.1, 0.15) is 32.1 Å². The number of carboxylic acids is 1. The average Bonchev–Trinajstić information content (AvgIpc) is 3.18. The molecule has 21 heavy (non-hydrogen) atoms. The van der Waals surface area contributed by atoms with Gasteiger partial charge in [0.05, 0.1) is 0 Å². The number of carbonyl (C=O) groups excluding carboxylic acids is 1. The van der Waals surface area contributed by atoms with E-state index in [0.717, 1.165) is 25.9 Å². The number of aliphatic carboxylic acids is 1. The number of likely N-dealkylation sites (tertiary alicyclic amines) is 3. The zero-order valence-corrected chi connectivity index (χ0v) is 12.5. The molecule has 0 aliphatic carbocycles. The molecule has 1 N–H and O–H groups in total. The number of hydrogen-bond acceptors (Lipinski definition) is 3. The SMILES string of the molecule is O=C(O)CC1CCN(C(=O)N2CCC(N3CCCC3)C2)C1. The monoisotopic (exact) mass is 295 g/mol. The maximum atomic E-state index is 12.5. The largest absolute Gasteiger partial charge is 0.481 e. The van der Waals surface area contributed by atoms with Crippen LogP contribution in [0.25, 0.3) is 0 Å². The second-order valence-electron chi connectivity index (χ2n) is 6.61. The van der Waals surface area contributed by atoms with Crippen LogP contribution in [0.4, 0.5) is 4.79 Å². The Morgan fingerprint density at radius 2 is 1.62 bits per heavy atom. The molecule has 3 saturated heterocycles. The number of hydrogen-bond donors (Lipinski definition) is 1. The minimum absolute atomic E-state index is 0.115. The molecule has 3 heterocycles. The highest BCUT2D eigenvalue weighted by atomic mass is 16.4. The molecule has 0 saturated carbocycles. The fourth-order valence-electron chi connectivity index (χ4n) is 3.94. The first-order chi connectivity index (χ1) is 10.1. The smallest absolute Gasteiger partial charge is 0.320 e. The van der Waals surface area contributed by atoms with Gasteiger partial charge in [-0.15, -0.1) is 0 Å². The number of carbonyl (C=O) groups is 2. The third-order valence-electron chi connectivity index (χ3n) is 5.11. The number of nitrogens with zero attached hydrogens (tertiary/aromatic N) is 3. The normalized spacial score (nSPS) is 30.3. The van der Waals surface area contributed by atoms with Crippen molar-refractivity contribution in [1.29, 1.82) is 0 Å². The Kier molecular flexibility index (Phi) is 4.33. The van der Waals surface area contributed by atoms with Gasteiger partial charge in [-0.25, -0.2) is 4.79 Å². The Hall–Kier alpha value is -1.30. The summed E-state index contributed by atoms with van der Waals surface area (Å²) in [6.07, 6.45) is 4.65. The third-order valence-corrected chi connectivity index (χ3v) is 5.11. The number of rotatable bonds is 3. The molecular formula is C15H25N3O3. The Bertz CT molecular complexity index is 409. The molecular weight excluding hydrogens is 270 g/mol. The van der Waals surface area contributed by atoms with Crippen molar-refractivity contribution in [3.05, 3.63) is 0 Å². The quantitative estimate of drug-likeness (QED) is 0.846. The summed E-state index contributed by atoms with van der Waals surface area (Å²) >= 11 is 0. The van der Waals surface area contributed by atoms with E-state index >= 15 is 0 Å². The molecule has 3 fully saturated rings. The van der Waals surface area contributed by atoms with Crippen molar-refractivity contribution in [2.75, 3.05) is 39.3 Å². The standard InChI is InChI=1S/C15H25N3O3/c19-14(20)9-12-3-7-17(10-12)15(21)18-8-4-13(11-18)16-5-1-2-6-16/h12-13H,1-11H2,(H,19,20). The maximum absolute atomic E-state index is 12.5. The molecule has 3 rings (SSSR count). The van der Waals surface area contributed by atoms with Crippen LogP contribution in [0.5, 0.6) is 0 Å². The minimum atomic E-state index is -0.760. The van der Waals surface area contributed by atoms with Gasteiger partial charge < -0.3 is 14.9 Å². The molecule has 0 spiro atoms. The van der Waals surface area contributed by atoms with Crippen LogP contribution in [0.3, 0.4) is 0 Å². The van der Waals surface area contributed by atoms with Crippen LogP contribution < -0.4 is 0 Å². The van der Waals surface area contributed by atoms with Crippen LogP contribution in [-0.4, -0.2) is 77.1 Å². The van der Waals surface area contributed by atoms with Crippen LogP contribution in [0, 0.1) is 5.92 Å². The average molecular weight is 295 g/mol. The van der Waals surface area contributed by atoms with E-state index in [2.05, 4.69) is 4.90 Å². The third kappa shape index (κ3) is 3.31. The topological polar surface area (TPSA) is 64.1 Å². The lowest BCUT2D eigenvalue weighted by Crippen LogP contribution is -2.43. The molecule has 6 nitrogen and oxygen atoms in total. The van der Waals surface area contributed by atoms with Crippen LogP contribution in [0.2, 0.25) is 0 Å². The molecule has 2 atom stereocenters. The van der Waals surface area contributed by atoms with Gasteiger partial charge in [-0.1, -0.05) is 0 Å². The molecule has 0 aromatic rings. The molecule has 3 aliphatic rings. The summed E-state index contributed by atoms with van der Waals surface area (Å²) in [5.41, 5.74) is 0. The second kappa shape index (κ2) is 6.22. The lowest BCUT2D eigenvalue weighted by Gasteiger charge is -2.26. The first-order valence-electron chi connectivity index (χ1n) is 8.13. The Balaban J connectivity index is 1.49. The van der Waals surface area contributed by atoms with E-state index in [4.69, 9.17) is 5.11 Å². The van der Waals surface area contributed by atoms with Crippen molar-refractivity contribution < 1.29 is 14.7 Å². The maximum Gasteiger partial charge on any atom is 0.320 e. The van der Waals surface area contributed by atoms with Crippen molar-refractivity contribution >= 4 is 12.0 Å². The molecule has 0 radical (unpaired) electrons. The molecule has 118 valence electrons. The molecule has 3 aliphatic heterocycles. The fraction of sp³-hybridized carbons (Fsp3) is 0.867. The van der Waals surface area contributed by atoms with E-state index in [0.29, 0.717) is 19.1 Å². The highest BCUT2D eigenvalue weighted by Crippen LogP contribution is 2.24. The summed E-state index contributed by atoms with van der Waals surface area (Å²) in [6.45, 7) is 5.37. The van der Waals surface area contributed by atoms with Crippen molar-refractivity contribution in [3.63, 3.8) is 0 Å². The molecule has 2 amide bonds. The van der Waals surface area contributed by atoms with Gasteiger partial charge in [0, 0.05) is 38.6 Å². The predicted molar refractivity (Wildman–Crippen MR) is 78.1 cm³/mol. The van der Waals surface area contributed by atoms with E-state index in [-0.39, 0.29) is 18.4 Å². The highest BCUT2D eigenvalue weighted by molar-refractivity contribution is 5.75. The minimum Gasteiger partial charge on any atom is -0.481 e. The molecule has 0 aromatic heterocycles. The number of urea groups is 1. The van der Waals surface area contributed by atoms with Gasteiger partial charge in [0.15, 0.2) is 0 Å². The summed E-state index contributed by atoms with van der Waals surface area (Å²) in [5, 5.41) is 8.85. The Morgan fingerprint density at radius 3 is 2.33 bits per heavy atom. The van der Waals surface area contributed by atoms with E-state index in [1.807, 2.05) is 9.80 Å². The van der Waals surface area contributed by atoms with Gasteiger partial charge in [0.2, 0.25) is 0 Å². The molecule has 6 heteroatoms. The van der Waals surface area contributed by atoms with Gasteiger partial charge in [-0.05, 0) is 44.7 Å². The Labute approximate surface area is 125 Å². The van der Waals surface area contributed by atoms with Gasteiger partial charge in [-0.2, -0.15) is 0 Å². The van der Waals surface area contributed by atoms with Gasteiger partial charge >= 0.3 is 12.0 Å². The fourth-order valence-corrected chi connectivity index (χ4v) is 3.94. The summed E-state index contributed by atoms with van der Waals surface area (Å²) in [4.78, 5) is 29.6. The zero-order valence-electron chi connectivity index (χ0n) is 12.5. The summed E-state index contributed by atoms with van der Waals surface area (Å²) in [7, 11) is 0. The van der Waals surface area contributed by atoms with E-state index < -0.39 is 5.97 Å². The van der Waals surface area contributed by atoms with Gasteiger partial charge in [0.1, 0.15) is 0 Å². The first-order valence-corrected chi connectivity index (χ1v) is 8.13.